The van der Waals surface area contributed by atoms with Crippen molar-refractivity contribution >= 4 is 23.4 Å². The summed E-state index contributed by atoms with van der Waals surface area (Å²) in [5.41, 5.74) is 1.02. The second-order valence-corrected chi connectivity index (χ2v) is 9.80. The number of unbranched alkanes of at least 4 members (excludes halogenated alkanes) is 7. The summed E-state index contributed by atoms with van der Waals surface area (Å²) in [6.07, 6.45) is 12.2. The van der Waals surface area contributed by atoms with Gasteiger partial charge in [0.05, 0.1) is 0 Å². The van der Waals surface area contributed by atoms with Crippen molar-refractivity contribution in [2.24, 2.45) is 0 Å². The zero-order chi connectivity index (χ0) is 20.4. The standard InChI is InChI=1S/C23H36ClN3S/c1-5-6-7-8-9-10-11-12-13-19(4)28-23-25-22(26-27(23)18(2)3)20-14-16-21(24)17-15-20/h14-19H,5-13H2,1-4H3. The van der Waals surface area contributed by atoms with Crippen LogP contribution in [0.2, 0.25) is 5.02 Å². The third-order valence-corrected chi connectivity index (χ3v) is 6.34. The molecule has 0 spiro atoms. The van der Waals surface area contributed by atoms with Crippen LogP contribution in [-0.2, 0) is 0 Å². The summed E-state index contributed by atoms with van der Waals surface area (Å²) < 4.78 is 2.05. The van der Waals surface area contributed by atoms with Crippen molar-refractivity contribution < 1.29 is 0 Å². The molecule has 3 nitrogen and oxygen atoms in total. The van der Waals surface area contributed by atoms with Gasteiger partial charge in [0.15, 0.2) is 11.0 Å². The molecule has 0 N–H and O–H groups in total. The lowest BCUT2D eigenvalue weighted by atomic mass is 10.1. The Hall–Kier alpha value is -1.00. The molecule has 1 atom stereocenters. The molecule has 156 valence electrons. The van der Waals surface area contributed by atoms with Crippen molar-refractivity contribution in [3.05, 3.63) is 29.3 Å². The zero-order valence-corrected chi connectivity index (χ0v) is 19.5. The number of nitrogens with zero attached hydrogens (tertiary/aromatic N) is 3. The van der Waals surface area contributed by atoms with E-state index in [0.717, 1.165) is 21.6 Å². The quantitative estimate of drug-likeness (QED) is 0.241. The Morgan fingerprint density at radius 3 is 2.14 bits per heavy atom. The molecule has 0 radical (unpaired) electrons. The van der Waals surface area contributed by atoms with Gasteiger partial charge in [-0.1, -0.05) is 88.6 Å². The fourth-order valence-corrected chi connectivity index (χ4v) is 4.52. The highest BCUT2D eigenvalue weighted by Gasteiger charge is 2.17. The van der Waals surface area contributed by atoms with Crippen LogP contribution in [0.5, 0.6) is 0 Å². The second kappa shape index (κ2) is 12.5. The van der Waals surface area contributed by atoms with Gasteiger partial charge in [-0.25, -0.2) is 9.67 Å². The van der Waals surface area contributed by atoms with E-state index >= 15 is 0 Å². The van der Waals surface area contributed by atoms with Gasteiger partial charge in [0.25, 0.3) is 0 Å². The monoisotopic (exact) mass is 421 g/mol. The van der Waals surface area contributed by atoms with E-state index in [-0.39, 0.29) is 0 Å². The molecule has 0 aliphatic rings. The smallest absolute Gasteiger partial charge is 0.187 e. The molecule has 1 heterocycles. The largest absolute Gasteiger partial charge is 0.238 e. The molecule has 0 fully saturated rings. The van der Waals surface area contributed by atoms with E-state index < -0.39 is 0 Å². The molecule has 28 heavy (non-hydrogen) atoms. The van der Waals surface area contributed by atoms with Crippen molar-refractivity contribution in [1.82, 2.24) is 14.8 Å². The Bertz CT molecular complexity index is 682. The first-order valence-corrected chi connectivity index (χ1v) is 12.2. The van der Waals surface area contributed by atoms with Crippen LogP contribution in [0.3, 0.4) is 0 Å². The molecule has 1 aromatic heterocycles. The molecule has 2 rings (SSSR count). The molecule has 0 aliphatic heterocycles. The maximum absolute atomic E-state index is 6.01. The Balaban J connectivity index is 1.84. The maximum Gasteiger partial charge on any atom is 0.187 e. The fraction of sp³-hybridized carbons (Fsp3) is 0.652. The lowest BCUT2D eigenvalue weighted by Gasteiger charge is -2.13. The topological polar surface area (TPSA) is 30.7 Å². The second-order valence-electron chi connectivity index (χ2n) is 7.96. The molecule has 1 aromatic carbocycles. The Labute approximate surface area is 180 Å². The SMILES string of the molecule is CCCCCCCCCCC(C)Sc1nc(-c2ccc(Cl)cc2)nn1C(C)C. The van der Waals surface area contributed by atoms with Crippen LogP contribution in [0.4, 0.5) is 0 Å². The van der Waals surface area contributed by atoms with Crippen molar-refractivity contribution in [2.75, 3.05) is 0 Å². The Kier molecular flexibility index (Phi) is 10.4. The lowest BCUT2D eigenvalue weighted by molar-refractivity contribution is 0.486. The van der Waals surface area contributed by atoms with Gasteiger partial charge in [-0.2, -0.15) is 0 Å². The Morgan fingerprint density at radius 1 is 0.929 bits per heavy atom. The zero-order valence-electron chi connectivity index (χ0n) is 18.0. The van der Waals surface area contributed by atoms with Crippen LogP contribution < -0.4 is 0 Å². The molecule has 0 saturated heterocycles. The normalized spacial score (nSPS) is 12.6. The predicted octanol–water partition coefficient (Wildman–Crippen LogP) is 8.19. The van der Waals surface area contributed by atoms with Gasteiger partial charge < -0.3 is 0 Å². The molecule has 0 aliphatic carbocycles. The van der Waals surface area contributed by atoms with Gasteiger partial charge in [-0.05, 0) is 44.5 Å². The van der Waals surface area contributed by atoms with Crippen LogP contribution in [0.25, 0.3) is 11.4 Å². The molecule has 0 amide bonds. The highest BCUT2D eigenvalue weighted by Crippen LogP contribution is 2.30. The summed E-state index contributed by atoms with van der Waals surface area (Å²) in [5, 5.41) is 7.06. The van der Waals surface area contributed by atoms with Crippen LogP contribution in [0.1, 0.15) is 91.5 Å². The molecule has 1 unspecified atom stereocenters. The summed E-state index contributed by atoms with van der Waals surface area (Å²) in [5.74, 6) is 0.784. The van der Waals surface area contributed by atoms with E-state index in [0.29, 0.717) is 11.3 Å². The van der Waals surface area contributed by atoms with E-state index in [1.54, 1.807) is 0 Å². The summed E-state index contributed by atoms with van der Waals surface area (Å²) in [6, 6.07) is 8.06. The van der Waals surface area contributed by atoms with E-state index in [1.807, 2.05) is 36.0 Å². The number of aromatic nitrogens is 3. The summed E-state index contributed by atoms with van der Waals surface area (Å²) >= 11 is 7.86. The summed E-state index contributed by atoms with van der Waals surface area (Å²) in [4.78, 5) is 4.83. The minimum Gasteiger partial charge on any atom is -0.238 e. The average Bonchev–Trinajstić information content (AvgIpc) is 3.08. The van der Waals surface area contributed by atoms with Crippen molar-refractivity contribution in [2.45, 2.75) is 102 Å². The number of hydrogen-bond acceptors (Lipinski definition) is 3. The molecule has 0 saturated carbocycles. The van der Waals surface area contributed by atoms with Crippen LogP contribution in [0, 0.1) is 0 Å². The van der Waals surface area contributed by atoms with E-state index in [9.17, 15) is 0 Å². The van der Waals surface area contributed by atoms with Crippen LogP contribution in [0.15, 0.2) is 29.4 Å². The summed E-state index contributed by atoms with van der Waals surface area (Å²) in [7, 11) is 0. The number of rotatable bonds is 13. The van der Waals surface area contributed by atoms with Gasteiger partial charge in [-0.3, -0.25) is 0 Å². The fourth-order valence-electron chi connectivity index (χ4n) is 3.25. The molecule has 0 bridgehead atoms. The third-order valence-electron chi connectivity index (χ3n) is 4.96. The predicted molar refractivity (Wildman–Crippen MR) is 123 cm³/mol. The first-order chi connectivity index (χ1) is 13.5. The third kappa shape index (κ3) is 7.79. The molecule has 2 aromatic rings. The van der Waals surface area contributed by atoms with E-state index in [4.69, 9.17) is 21.7 Å². The van der Waals surface area contributed by atoms with Crippen molar-refractivity contribution in [3.63, 3.8) is 0 Å². The number of thioether (sulfide) groups is 1. The minimum absolute atomic E-state index is 0.298. The first-order valence-electron chi connectivity index (χ1n) is 10.9. The van der Waals surface area contributed by atoms with Gasteiger partial charge in [0.1, 0.15) is 0 Å². The van der Waals surface area contributed by atoms with Gasteiger partial charge in [0, 0.05) is 21.9 Å². The number of hydrogen-bond donors (Lipinski definition) is 0. The summed E-state index contributed by atoms with van der Waals surface area (Å²) in [6.45, 7) is 8.91. The first kappa shape index (κ1) is 23.3. The number of benzene rings is 1. The highest BCUT2D eigenvalue weighted by atomic mass is 35.5. The van der Waals surface area contributed by atoms with Gasteiger partial charge in [0.2, 0.25) is 0 Å². The van der Waals surface area contributed by atoms with E-state index in [2.05, 4.69) is 32.4 Å². The highest BCUT2D eigenvalue weighted by molar-refractivity contribution is 7.99. The lowest BCUT2D eigenvalue weighted by Crippen LogP contribution is -2.07. The Morgan fingerprint density at radius 2 is 1.54 bits per heavy atom. The van der Waals surface area contributed by atoms with E-state index in [1.165, 1.54) is 57.8 Å². The van der Waals surface area contributed by atoms with Crippen molar-refractivity contribution in [3.8, 4) is 11.4 Å². The van der Waals surface area contributed by atoms with Gasteiger partial charge in [-0.15, -0.1) is 5.10 Å². The molecular formula is C23H36ClN3S. The maximum atomic E-state index is 6.01. The van der Waals surface area contributed by atoms with Crippen LogP contribution >= 0.6 is 23.4 Å². The van der Waals surface area contributed by atoms with Crippen LogP contribution in [-0.4, -0.2) is 20.0 Å². The minimum atomic E-state index is 0.298. The molecule has 5 heteroatoms. The molecular weight excluding hydrogens is 386 g/mol. The van der Waals surface area contributed by atoms with Crippen molar-refractivity contribution in [1.29, 1.82) is 0 Å². The average molecular weight is 422 g/mol. The van der Waals surface area contributed by atoms with Gasteiger partial charge >= 0.3 is 0 Å². The number of halogens is 1.